The number of amides is 1. The first-order valence-electron chi connectivity index (χ1n) is 7.83. The zero-order valence-corrected chi connectivity index (χ0v) is 14.0. The van der Waals surface area contributed by atoms with Crippen LogP contribution in [0.2, 0.25) is 0 Å². The second-order valence-electron chi connectivity index (χ2n) is 6.45. The first-order chi connectivity index (χ1) is 9.90. The molecular formula is C16H28N4O. The van der Waals surface area contributed by atoms with Crippen molar-refractivity contribution in [2.75, 3.05) is 27.2 Å². The van der Waals surface area contributed by atoms with E-state index >= 15 is 0 Å². The number of nitrogens with zero attached hydrogens (tertiary/aromatic N) is 4. The quantitative estimate of drug-likeness (QED) is 0.845. The number of piperidine rings is 1. The predicted octanol–water partition coefficient (Wildman–Crippen LogP) is 1.52. The standard InChI is InChI=1S/C16H28N4O/c1-12-15(13(2)19(5)17-12)10-16(21)20-9-7-6-8-14(20)11-18(3)4/h14H,6-11H2,1-5H3/t14-/m1/s1. The molecule has 0 saturated carbocycles. The summed E-state index contributed by atoms with van der Waals surface area (Å²) in [4.78, 5) is 17.0. The van der Waals surface area contributed by atoms with E-state index in [1.54, 1.807) is 0 Å². The van der Waals surface area contributed by atoms with Gasteiger partial charge in [-0.05, 0) is 47.2 Å². The Labute approximate surface area is 127 Å². The summed E-state index contributed by atoms with van der Waals surface area (Å²) in [5.74, 6) is 0.251. The average molecular weight is 292 g/mol. The van der Waals surface area contributed by atoms with Crippen molar-refractivity contribution in [2.45, 2.75) is 45.6 Å². The summed E-state index contributed by atoms with van der Waals surface area (Å²) >= 11 is 0. The van der Waals surface area contributed by atoms with Gasteiger partial charge in [0.15, 0.2) is 0 Å². The number of rotatable bonds is 4. The van der Waals surface area contributed by atoms with E-state index < -0.39 is 0 Å². The molecule has 1 fully saturated rings. The van der Waals surface area contributed by atoms with Crippen LogP contribution in [-0.2, 0) is 18.3 Å². The summed E-state index contributed by atoms with van der Waals surface area (Å²) in [5, 5.41) is 4.41. The topological polar surface area (TPSA) is 41.4 Å². The van der Waals surface area contributed by atoms with Gasteiger partial charge in [-0.15, -0.1) is 0 Å². The van der Waals surface area contributed by atoms with E-state index in [1.807, 2.05) is 25.6 Å². The van der Waals surface area contributed by atoms with Gasteiger partial charge in [0.1, 0.15) is 0 Å². The molecule has 1 aromatic rings. The number of likely N-dealkylation sites (N-methyl/N-ethyl adjacent to an activating group) is 1. The van der Waals surface area contributed by atoms with E-state index in [9.17, 15) is 4.79 Å². The molecule has 0 N–H and O–H groups in total. The first kappa shape index (κ1) is 16.0. The average Bonchev–Trinajstić information content (AvgIpc) is 2.65. The zero-order chi connectivity index (χ0) is 15.6. The van der Waals surface area contributed by atoms with Gasteiger partial charge < -0.3 is 9.80 Å². The van der Waals surface area contributed by atoms with Gasteiger partial charge in [0, 0.05) is 37.4 Å². The molecule has 1 aromatic heterocycles. The first-order valence-corrected chi connectivity index (χ1v) is 7.83. The van der Waals surface area contributed by atoms with Crippen LogP contribution in [-0.4, -0.2) is 58.7 Å². The van der Waals surface area contributed by atoms with Crippen molar-refractivity contribution in [1.82, 2.24) is 19.6 Å². The van der Waals surface area contributed by atoms with Gasteiger partial charge in [-0.1, -0.05) is 0 Å². The molecule has 1 aliphatic rings. The lowest BCUT2D eigenvalue weighted by Crippen LogP contribution is -2.48. The minimum atomic E-state index is 0.251. The molecule has 1 saturated heterocycles. The Morgan fingerprint density at radius 1 is 1.33 bits per heavy atom. The number of aromatic nitrogens is 2. The van der Waals surface area contributed by atoms with Crippen LogP contribution in [0.4, 0.5) is 0 Å². The third kappa shape index (κ3) is 3.64. The third-order valence-corrected chi connectivity index (χ3v) is 4.51. The maximum absolute atomic E-state index is 12.7. The number of carbonyl (C=O) groups is 1. The Bertz CT molecular complexity index is 507. The molecule has 2 heterocycles. The van der Waals surface area contributed by atoms with Crippen molar-refractivity contribution in [1.29, 1.82) is 0 Å². The second kappa shape index (κ2) is 6.60. The van der Waals surface area contributed by atoms with Crippen LogP contribution in [0.15, 0.2) is 0 Å². The van der Waals surface area contributed by atoms with Crippen molar-refractivity contribution < 1.29 is 4.79 Å². The molecule has 1 amide bonds. The number of carbonyl (C=O) groups excluding carboxylic acids is 1. The Morgan fingerprint density at radius 2 is 2.05 bits per heavy atom. The highest BCUT2D eigenvalue weighted by Crippen LogP contribution is 2.20. The van der Waals surface area contributed by atoms with Gasteiger partial charge in [-0.3, -0.25) is 9.48 Å². The van der Waals surface area contributed by atoms with Gasteiger partial charge in [-0.25, -0.2) is 0 Å². The van der Waals surface area contributed by atoms with Crippen molar-refractivity contribution in [3.63, 3.8) is 0 Å². The molecule has 5 nitrogen and oxygen atoms in total. The summed E-state index contributed by atoms with van der Waals surface area (Å²) < 4.78 is 1.87. The third-order valence-electron chi connectivity index (χ3n) is 4.51. The molecule has 0 bridgehead atoms. The maximum Gasteiger partial charge on any atom is 0.227 e. The highest BCUT2D eigenvalue weighted by molar-refractivity contribution is 5.79. The molecule has 1 aliphatic heterocycles. The fourth-order valence-electron chi connectivity index (χ4n) is 3.27. The zero-order valence-electron chi connectivity index (χ0n) is 14.0. The Morgan fingerprint density at radius 3 is 2.62 bits per heavy atom. The van der Waals surface area contributed by atoms with Crippen molar-refractivity contribution in [3.8, 4) is 0 Å². The second-order valence-corrected chi connectivity index (χ2v) is 6.45. The fraction of sp³-hybridized carbons (Fsp3) is 0.750. The van der Waals surface area contributed by atoms with E-state index in [2.05, 4.69) is 29.0 Å². The van der Waals surface area contributed by atoms with Crippen LogP contribution in [0.5, 0.6) is 0 Å². The summed E-state index contributed by atoms with van der Waals surface area (Å²) in [7, 11) is 6.09. The van der Waals surface area contributed by atoms with Crippen LogP contribution in [0, 0.1) is 13.8 Å². The summed E-state index contributed by atoms with van der Waals surface area (Å²) in [6, 6.07) is 0.360. The largest absolute Gasteiger partial charge is 0.338 e. The predicted molar refractivity (Wildman–Crippen MR) is 84.3 cm³/mol. The van der Waals surface area contributed by atoms with Crippen LogP contribution >= 0.6 is 0 Å². The van der Waals surface area contributed by atoms with E-state index in [0.717, 1.165) is 42.9 Å². The van der Waals surface area contributed by atoms with Gasteiger partial charge in [0.25, 0.3) is 0 Å². The number of aryl methyl sites for hydroxylation is 2. The summed E-state index contributed by atoms with van der Waals surface area (Å²) in [6.07, 6.45) is 3.96. The molecule has 118 valence electrons. The number of hydrogen-bond donors (Lipinski definition) is 0. The Kier molecular flexibility index (Phi) is 5.04. The SMILES string of the molecule is Cc1nn(C)c(C)c1CC(=O)N1CCCC[C@@H]1CN(C)C. The van der Waals surface area contributed by atoms with Crippen LogP contribution in [0.3, 0.4) is 0 Å². The molecular weight excluding hydrogens is 264 g/mol. The smallest absolute Gasteiger partial charge is 0.227 e. The van der Waals surface area contributed by atoms with E-state index in [0.29, 0.717) is 12.5 Å². The molecule has 1 atom stereocenters. The van der Waals surface area contributed by atoms with E-state index in [4.69, 9.17) is 0 Å². The number of likely N-dealkylation sites (tertiary alicyclic amines) is 1. The molecule has 0 radical (unpaired) electrons. The van der Waals surface area contributed by atoms with Gasteiger partial charge in [-0.2, -0.15) is 5.10 Å². The molecule has 0 spiro atoms. The number of hydrogen-bond acceptors (Lipinski definition) is 3. The maximum atomic E-state index is 12.7. The van der Waals surface area contributed by atoms with E-state index in [-0.39, 0.29) is 5.91 Å². The minimum absolute atomic E-state index is 0.251. The Balaban J connectivity index is 2.10. The molecule has 0 aromatic carbocycles. The fourth-order valence-corrected chi connectivity index (χ4v) is 3.27. The van der Waals surface area contributed by atoms with E-state index in [1.165, 1.54) is 6.42 Å². The molecule has 0 aliphatic carbocycles. The monoisotopic (exact) mass is 292 g/mol. The minimum Gasteiger partial charge on any atom is -0.338 e. The van der Waals surface area contributed by atoms with Crippen LogP contribution in [0.25, 0.3) is 0 Å². The van der Waals surface area contributed by atoms with Gasteiger partial charge in [0.05, 0.1) is 12.1 Å². The Hall–Kier alpha value is -1.36. The van der Waals surface area contributed by atoms with Crippen molar-refractivity contribution in [2.24, 2.45) is 7.05 Å². The molecule has 5 heteroatoms. The van der Waals surface area contributed by atoms with Gasteiger partial charge >= 0.3 is 0 Å². The van der Waals surface area contributed by atoms with Crippen molar-refractivity contribution >= 4 is 5.91 Å². The van der Waals surface area contributed by atoms with Crippen LogP contribution < -0.4 is 0 Å². The lowest BCUT2D eigenvalue weighted by atomic mass is 10.00. The molecule has 2 rings (SSSR count). The van der Waals surface area contributed by atoms with Crippen molar-refractivity contribution in [3.05, 3.63) is 17.0 Å². The summed E-state index contributed by atoms with van der Waals surface area (Å²) in [6.45, 7) is 5.88. The summed E-state index contributed by atoms with van der Waals surface area (Å²) in [5.41, 5.74) is 3.17. The van der Waals surface area contributed by atoms with Gasteiger partial charge in [0.2, 0.25) is 5.91 Å². The molecule has 0 unspecified atom stereocenters. The lowest BCUT2D eigenvalue weighted by Gasteiger charge is -2.37. The highest BCUT2D eigenvalue weighted by atomic mass is 16.2. The van der Waals surface area contributed by atoms with Crippen LogP contribution in [0.1, 0.15) is 36.2 Å². The highest BCUT2D eigenvalue weighted by Gasteiger charge is 2.28. The molecule has 21 heavy (non-hydrogen) atoms. The lowest BCUT2D eigenvalue weighted by molar-refractivity contribution is -0.134. The normalized spacial score (nSPS) is 19.3.